The van der Waals surface area contributed by atoms with E-state index < -0.39 is 0 Å². The van der Waals surface area contributed by atoms with E-state index in [-0.39, 0.29) is 0 Å². The maximum atomic E-state index is 6.10. The van der Waals surface area contributed by atoms with Gasteiger partial charge in [-0.25, -0.2) is 0 Å². The van der Waals surface area contributed by atoms with Crippen molar-refractivity contribution in [2.45, 2.75) is 18.8 Å². The van der Waals surface area contributed by atoms with Crippen LogP contribution in [0.4, 0.5) is 0 Å². The molecule has 1 saturated heterocycles. The second-order valence-electron chi connectivity index (χ2n) is 5.40. The summed E-state index contributed by atoms with van der Waals surface area (Å²) in [4.78, 5) is 11.5. The second-order valence-corrected chi connectivity index (χ2v) is 5.84. The maximum absolute atomic E-state index is 6.10. The predicted molar refractivity (Wildman–Crippen MR) is 82.0 cm³/mol. The smallest absolute Gasteiger partial charge is 0.0921 e. The van der Waals surface area contributed by atoms with Crippen LogP contribution in [-0.4, -0.2) is 35.0 Å². The Morgan fingerprint density at radius 1 is 1.25 bits per heavy atom. The van der Waals surface area contributed by atoms with Gasteiger partial charge < -0.3 is 4.90 Å². The van der Waals surface area contributed by atoms with Crippen LogP contribution in [0.5, 0.6) is 0 Å². The Morgan fingerprint density at radius 3 is 2.90 bits per heavy atom. The van der Waals surface area contributed by atoms with Crippen molar-refractivity contribution in [3.8, 4) is 11.3 Å². The number of hydrogen-bond donors (Lipinski definition) is 0. The highest BCUT2D eigenvalue weighted by Crippen LogP contribution is 2.32. The Balaban J connectivity index is 2.00. The second kappa shape index (κ2) is 5.90. The van der Waals surface area contributed by atoms with Gasteiger partial charge in [0.2, 0.25) is 0 Å². The number of nitrogens with zero attached hydrogens (tertiary/aromatic N) is 3. The first-order valence-corrected chi connectivity index (χ1v) is 7.37. The number of aromatic nitrogens is 2. The lowest BCUT2D eigenvalue weighted by Gasteiger charge is -2.30. The molecule has 1 aromatic heterocycles. The monoisotopic (exact) mass is 287 g/mol. The predicted octanol–water partition coefficient (Wildman–Crippen LogP) is 3.61. The van der Waals surface area contributed by atoms with E-state index in [9.17, 15) is 0 Å². The minimum atomic E-state index is 0.455. The van der Waals surface area contributed by atoms with Crippen molar-refractivity contribution in [2.24, 2.45) is 0 Å². The molecule has 2 aromatic rings. The van der Waals surface area contributed by atoms with E-state index in [1.165, 1.54) is 19.4 Å². The van der Waals surface area contributed by atoms with Crippen molar-refractivity contribution in [1.29, 1.82) is 0 Å². The summed E-state index contributed by atoms with van der Waals surface area (Å²) in [5.41, 5.74) is 3.12. The van der Waals surface area contributed by atoms with Crippen molar-refractivity contribution in [1.82, 2.24) is 14.9 Å². The van der Waals surface area contributed by atoms with Crippen LogP contribution in [0.15, 0.2) is 36.7 Å². The molecular formula is C16H18ClN3. The van der Waals surface area contributed by atoms with Gasteiger partial charge in [-0.3, -0.25) is 9.97 Å². The first-order chi connectivity index (χ1) is 9.74. The summed E-state index contributed by atoms with van der Waals surface area (Å²) < 4.78 is 0. The highest BCUT2D eigenvalue weighted by molar-refractivity contribution is 6.30. The zero-order valence-corrected chi connectivity index (χ0v) is 12.3. The number of likely N-dealkylation sites (N-methyl/N-ethyl adjacent to an activating group) is 1. The highest BCUT2D eigenvalue weighted by Gasteiger charge is 2.23. The zero-order valence-electron chi connectivity index (χ0n) is 11.6. The lowest BCUT2D eigenvalue weighted by Crippen LogP contribution is -2.31. The number of hydrogen-bond acceptors (Lipinski definition) is 3. The van der Waals surface area contributed by atoms with Crippen molar-refractivity contribution >= 4 is 11.6 Å². The number of piperidine rings is 1. The lowest BCUT2D eigenvalue weighted by atomic mass is 9.92. The molecule has 0 unspecified atom stereocenters. The number of benzene rings is 1. The van der Waals surface area contributed by atoms with E-state index in [2.05, 4.69) is 21.9 Å². The molecule has 0 saturated carbocycles. The van der Waals surface area contributed by atoms with E-state index in [1.807, 2.05) is 24.3 Å². The molecule has 1 atom stereocenters. The standard InChI is InChI=1S/C16H18ClN3/c1-20-9-3-5-13(11-20)16-15(18-7-8-19-16)12-4-2-6-14(17)10-12/h2,4,6-8,10,13H,3,5,9,11H2,1H3/t13-/m1/s1. The van der Waals surface area contributed by atoms with E-state index in [0.29, 0.717) is 5.92 Å². The number of likely N-dealkylation sites (tertiary alicyclic amines) is 1. The van der Waals surface area contributed by atoms with Gasteiger partial charge in [-0.15, -0.1) is 0 Å². The minimum Gasteiger partial charge on any atom is -0.306 e. The first-order valence-electron chi connectivity index (χ1n) is 6.99. The van der Waals surface area contributed by atoms with Crippen LogP contribution in [0.2, 0.25) is 5.02 Å². The van der Waals surface area contributed by atoms with Crippen molar-refractivity contribution < 1.29 is 0 Å². The van der Waals surface area contributed by atoms with Crippen LogP contribution < -0.4 is 0 Å². The van der Waals surface area contributed by atoms with E-state index in [4.69, 9.17) is 11.6 Å². The largest absolute Gasteiger partial charge is 0.306 e. The van der Waals surface area contributed by atoms with Gasteiger partial charge in [-0.2, -0.15) is 0 Å². The summed E-state index contributed by atoms with van der Waals surface area (Å²) in [6.07, 6.45) is 5.94. The molecule has 2 heterocycles. The summed E-state index contributed by atoms with van der Waals surface area (Å²) in [6.45, 7) is 2.22. The van der Waals surface area contributed by atoms with Crippen molar-refractivity contribution in [3.05, 3.63) is 47.4 Å². The van der Waals surface area contributed by atoms with Crippen molar-refractivity contribution in [3.63, 3.8) is 0 Å². The van der Waals surface area contributed by atoms with Crippen LogP contribution in [0, 0.1) is 0 Å². The van der Waals surface area contributed by atoms with Gasteiger partial charge in [0.15, 0.2) is 0 Å². The molecule has 4 heteroatoms. The molecule has 1 aliphatic heterocycles. The Morgan fingerprint density at radius 2 is 2.10 bits per heavy atom. The molecule has 0 N–H and O–H groups in total. The van der Waals surface area contributed by atoms with Crippen LogP contribution in [0.25, 0.3) is 11.3 Å². The number of halogens is 1. The highest BCUT2D eigenvalue weighted by atomic mass is 35.5. The Bertz CT molecular complexity index is 600. The van der Waals surface area contributed by atoms with Crippen molar-refractivity contribution in [2.75, 3.05) is 20.1 Å². The molecule has 20 heavy (non-hydrogen) atoms. The molecule has 0 radical (unpaired) electrons. The molecule has 1 fully saturated rings. The van der Waals surface area contributed by atoms with Gasteiger partial charge in [-0.05, 0) is 38.6 Å². The summed E-state index contributed by atoms with van der Waals surface area (Å²) in [5, 5.41) is 0.736. The molecule has 104 valence electrons. The summed E-state index contributed by atoms with van der Waals surface area (Å²) in [5.74, 6) is 0.455. The average Bonchev–Trinajstić information content (AvgIpc) is 2.47. The molecule has 0 bridgehead atoms. The van der Waals surface area contributed by atoms with E-state index >= 15 is 0 Å². The van der Waals surface area contributed by atoms with E-state index in [0.717, 1.165) is 28.5 Å². The molecule has 3 nitrogen and oxygen atoms in total. The Kier molecular flexibility index (Phi) is 3.99. The molecule has 3 rings (SSSR count). The summed E-state index contributed by atoms with van der Waals surface area (Å²) >= 11 is 6.10. The molecular weight excluding hydrogens is 270 g/mol. The van der Waals surface area contributed by atoms with Gasteiger partial charge in [-0.1, -0.05) is 23.7 Å². The van der Waals surface area contributed by atoms with Crippen LogP contribution >= 0.6 is 11.6 Å². The van der Waals surface area contributed by atoms with Gasteiger partial charge in [0.1, 0.15) is 0 Å². The third-order valence-corrected chi connectivity index (χ3v) is 4.07. The SMILES string of the molecule is CN1CCC[C@@H](c2nccnc2-c2cccc(Cl)c2)C1. The molecule has 1 aromatic carbocycles. The lowest BCUT2D eigenvalue weighted by molar-refractivity contribution is 0.248. The third-order valence-electron chi connectivity index (χ3n) is 3.84. The fourth-order valence-electron chi connectivity index (χ4n) is 2.90. The molecule has 1 aliphatic rings. The normalized spacial score (nSPS) is 20.0. The summed E-state index contributed by atoms with van der Waals surface area (Å²) in [6, 6.07) is 7.85. The number of rotatable bonds is 2. The van der Waals surface area contributed by atoms with Gasteiger partial charge in [0, 0.05) is 35.4 Å². The van der Waals surface area contributed by atoms with Gasteiger partial charge >= 0.3 is 0 Å². The molecule has 0 aliphatic carbocycles. The van der Waals surface area contributed by atoms with Crippen LogP contribution in [0.1, 0.15) is 24.5 Å². The van der Waals surface area contributed by atoms with Crippen LogP contribution in [0.3, 0.4) is 0 Å². The first kappa shape index (κ1) is 13.5. The zero-order chi connectivity index (χ0) is 13.9. The molecule has 0 spiro atoms. The van der Waals surface area contributed by atoms with E-state index in [1.54, 1.807) is 12.4 Å². The Labute approximate surface area is 124 Å². The van der Waals surface area contributed by atoms with Gasteiger partial charge in [0.05, 0.1) is 11.4 Å². The topological polar surface area (TPSA) is 29.0 Å². The molecule has 0 amide bonds. The van der Waals surface area contributed by atoms with Crippen LogP contribution in [-0.2, 0) is 0 Å². The third kappa shape index (κ3) is 2.84. The summed E-state index contributed by atoms with van der Waals surface area (Å²) in [7, 11) is 2.17. The fourth-order valence-corrected chi connectivity index (χ4v) is 3.09. The van der Waals surface area contributed by atoms with Gasteiger partial charge in [0.25, 0.3) is 0 Å². The Hall–Kier alpha value is -1.45. The quantitative estimate of drug-likeness (QED) is 0.845. The minimum absolute atomic E-state index is 0.455. The maximum Gasteiger partial charge on any atom is 0.0921 e. The average molecular weight is 288 g/mol. The fraction of sp³-hybridized carbons (Fsp3) is 0.375.